The molecule has 3 heteroatoms. The van der Waals surface area contributed by atoms with Crippen LogP contribution in [0.1, 0.15) is 59.8 Å². The highest BCUT2D eigenvalue weighted by atomic mass is 16.2. The number of nitrogens with one attached hydrogen (secondary N) is 2. The van der Waals surface area contributed by atoms with Gasteiger partial charge in [-0.15, -0.1) is 0 Å². The first-order valence-electron chi connectivity index (χ1n) is 6.64. The van der Waals surface area contributed by atoms with E-state index in [2.05, 4.69) is 31.4 Å². The Morgan fingerprint density at radius 3 is 2.19 bits per heavy atom. The van der Waals surface area contributed by atoms with Crippen molar-refractivity contribution in [3.8, 4) is 0 Å². The summed E-state index contributed by atoms with van der Waals surface area (Å²) in [6.07, 6.45) is 5.18. The Balaban J connectivity index is 4.30. The number of hydrogen-bond acceptors (Lipinski definition) is 2. The first-order valence-corrected chi connectivity index (χ1v) is 6.64. The van der Waals surface area contributed by atoms with E-state index in [0.717, 1.165) is 45.2 Å². The molecule has 2 N–H and O–H groups in total. The molecule has 0 bridgehead atoms. The largest absolute Gasteiger partial charge is 0.355 e. The van der Waals surface area contributed by atoms with Gasteiger partial charge in [0.2, 0.25) is 5.91 Å². The van der Waals surface area contributed by atoms with Crippen LogP contribution in [0.3, 0.4) is 0 Å². The Labute approximate surface area is 100 Å². The third-order valence-electron chi connectivity index (χ3n) is 2.83. The van der Waals surface area contributed by atoms with E-state index in [9.17, 15) is 4.79 Å². The highest BCUT2D eigenvalue weighted by molar-refractivity contribution is 5.85. The number of unbranched alkanes of at least 4 members (excludes halogenated alkanes) is 1. The van der Waals surface area contributed by atoms with Gasteiger partial charge in [0.1, 0.15) is 0 Å². The van der Waals surface area contributed by atoms with E-state index in [-0.39, 0.29) is 11.4 Å². The summed E-state index contributed by atoms with van der Waals surface area (Å²) in [4.78, 5) is 12.1. The monoisotopic (exact) mass is 228 g/mol. The van der Waals surface area contributed by atoms with E-state index in [1.165, 1.54) is 0 Å². The van der Waals surface area contributed by atoms with E-state index in [1.807, 2.05) is 6.92 Å². The van der Waals surface area contributed by atoms with E-state index < -0.39 is 0 Å². The summed E-state index contributed by atoms with van der Waals surface area (Å²) in [5, 5.41) is 6.37. The van der Waals surface area contributed by atoms with Crippen LogP contribution in [-0.4, -0.2) is 24.5 Å². The molecule has 0 aliphatic heterocycles. The molecule has 0 spiro atoms. The van der Waals surface area contributed by atoms with Gasteiger partial charge in [0.15, 0.2) is 0 Å². The van der Waals surface area contributed by atoms with Gasteiger partial charge in [0.05, 0.1) is 5.54 Å². The topological polar surface area (TPSA) is 41.1 Å². The van der Waals surface area contributed by atoms with Gasteiger partial charge in [0, 0.05) is 6.54 Å². The molecule has 1 amide bonds. The fourth-order valence-electron chi connectivity index (χ4n) is 1.65. The minimum atomic E-state index is -0.388. The van der Waals surface area contributed by atoms with Gasteiger partial charge in [-0.3, -0.25) is 4.79 Å². The predicted molar refractivity (Wildman–Crippen MR) is 69.5 cm³/mol. The summed E-state index contributed by atoms with van der Waals surface area (Å²) < 4.78 is 0. The van der Waals surface area contributed by atoms with Crippen LogP contribution in [0.15, 0.2) is 0 Å². The van der Waals surface area contributed by atoms with Gasteiger partial charge in [-0.05, 0) is 32.7 Å². The molecule has 1 atom stereocenters. The van der Waals surface area contributed by atoms with Crippen LogP contribution in [0.4, 0.5) is 0 Å². The zero-order valence-corrected chi connectivity index (χ0v) is 11.4. The van der Waals surface area contributed by atoms with Crippen LogP contribution < -0.4 is 10.6 Å². The summed E-state index contributed by atoms with van der Waals surface area (Å²) in [5.74, 6) is 0.149. The Hall–Kier alpha value is -0.570. The smallest absolute Gasteiger partial charge is 0.240 e. The first kappa shape index (κ1) is 15.4. The van der Waals surface area contributed by atoms with Gasteiger partial charge in [-0.25, -0.2) is 0 Å². The molecule has 0 saturated carbocycles. The van der Waals surface area contributed by atoms with E-state index in [1.54, 1.807) is 0 Å². The summed E-state index contributed by atoms with van der Waals surface area (Å²) in [7, 11) is 0. The maximum Gasteiger partial charge on any atom is 0.240 e. The van der Waals surface area contributed by atoms with Crippen molar-refractivity contribution in [1.29, 1.82) is 0 Å². The minimum Gasteiger partial charge on any atom is -0.355 e. The Morgan fingerprint density at radius 1 is 1.06 bits per heavy atom. The van der Waals surface area contributed by atoms with Gasteiger partial charge >= 0.3 is 0 Å². The molecule has 0 aromatic heterocycles. The number of carbonyl (C=O) groups excluding carboxylic acids is 1. The van der Waals surface area contributed by atoms with E-state index >= 15 is 0 Å². The summed E-state index contributed by atoms with van der Waals surface area (Å²) in [5.41, 5.74) is -0.388. The van der Waals surface area contributed by atoms with Crippen molar-refractivity contribution in [2.75, 3.05) is 13.1 Å². The summed E-state index contributed by atoms with van der Waals surface area (Å²) in [6, 6.07) is 0. The lowest BCUT2D eigenvalue weighted by Gasteiger charge is -2.29. The van der Waals surface area contributed by atoms with Crippen LogP contribution >= 0.6 is 0 Å². The van der Waals surface area contributed by atoms with Crippen molar-refractivity contribution >= 4 is 5.91 Å². The molecule has 0 radical (unpaired) electrons. The van der Waals surface area contributed by atoms with Crippen LogP contribution in [0.2, 0.25) is 0 Å². The number of rotatable bonds is 9. The van der Waals surface area contributed by atoms with Gasteiger partial charge in [-0.2, -0.15) is 0 Å². The molecule has 0 aromatic carbocycles. The quantitative estimate of drug-likeness (QED) is 0.636. The van der Waals surface area contributed by atoms with Crippen LogP contribution in [0.5, 0.6) is 0 Å². The first-order chi connectivity index (χ1) is 7.60. The zero-order chi connectivity index (χ0) is 12.4. The molecule has 96 valence electrons. The molecule has 0 saturated heterocycles. The fourth-order valence-corrected chi connectivity index (χ4v) is 1.65. The van der Waals surface area contributed by atoms with Crippen molar-refractivity contribution in [2.24, 2.45) is 0 Å². The molecule has 0 rings (SSSR count). The number of carbonyl (C=O) groups is 1. The third-order valence-corrected chi connectivity index (χ3v) is 2.83. The maximum atomic E-state index is 12.1. The van der Waals surface area contributed by atoms with Gasteiger partial charge in [-0.1, -0.05) is 33.6 Å². The van der Waals surface area contributed by atoms with E-state index in [0.29, 0.717) is 0 Å². The van der Waals surface area contributed by atoms with Gasteiger partial charge in [0.25, 0.3) is 0 Å². The highest BCUT2D eigenvalue weighted by Gasteiger charge is 2.30. The average Bonchev–Trinajstić information content (AvgIpc) is 2.30. The Bertz CT molecular complexity index is 184. The van der Waals surface area contributed by atoms with Crippen LogP contribution in [0, 0.1) is 0 Å². The molecule has 3 nitrogen and oxygen atoms in total. The predicted octanol–water partition coefficient (Wildman–Crippen LogP) is 2.46. The third kappa shape index (κ3) is 5.50. The highest BCUT2D eigenvalue weighted by Crippen LogP contribution is 2.14. The maximum absolute atomic E-state index is 12.1. The number of hydrogen-bond donors (Lipinski definition) is 2. The molecular formula is C13H28N2O. The number of amides is 1. The average molecular weight is 228 g/mol. The van der Waals surface area contributed by atoms with Crippen molar-refractivity contribution < 1.29 is 4.79 Å². The minimum absolute atomic E-state index is 0.149. The van der Waals surface area contributed by atoms with Crippen molar-refractivity contribution in [3.05, 3.63) is 0 Å². The second-order valence-corrected chi connectivity index (χ2v) is 4.62. The lowest BCUT2D eigenvalue weighted by atomic mass is 9.93. The van der Waals surface area contributed by atoms with E-state index in [4.69, 9.17) is 0 Å². The molecule has 0 fully saturated rings. The fraction of sp³-hybridized carbons (Fsp3) is 0.923. The lowest BCUT2D eigenvalue weighted by Crippen LogP contribution is -2.55. The normalized spacial score (nSPS) is 14.5. The molecule has 0 aliphatic rings. The van der Waals surface area contributed by atoms with Gasteiger partial charge < -0.3 is 10.6 Å². The molecule has 0 aromatic rings. The standard InChI is InChI=1S/C13H28N2O/c1-5-8-9-13(4,15-11-7-3)12(16)14-10-6-2/h15H,5-11H2,1-4H3,(H,14,16). The Kier molecular flexibility index (Phi) is 8.26. The zero-order valence-electron chi connectivity index (χ0n) is 11.4. The van der Waals surface area contributed by atoms with Crippen molar-refractivity contribution in [1.82, 2.24) is 10.6 Å². The summed E-state index contributed by atoms with van der Waals surface area (Å²) >= 11 is 0. The molecule has 0 aliphatic carbocycles. The Morgan fingerprint density at radius 2 is 1.69 bits per heavy atom. The molecule has 16 heavy (non-hydrogen) atoms. The molecule has 0 heterocycles. The second-order valence-electron chi connectivity index (χ2n) is 4.62. The molecule has 1 unspecified atom stereocenters. The second kappa shape index (κ2) is 8.57. The van der Waals surface area contributed by atoms with Crippen molar-refractivity contribution in [2.45, 2.75) is 65.3 Å². The SMILES string of the molecule is CCCCC(C)(NCCC)C(=O)NCCC. The lowest BCUT2D eigenvalue weighted by molar-refractivity contribution is -0.127. The van der Waals surface area contributed by atoms with Crippen LogP contribution in [-0.2, 0) is 4.79 Å². The molecular weight excluding hydrogens is 200 g/mol. The van der Waals surface area contributed by atoms with Crippen LogP contribution in [0.25, 0.3) is 0 Å². The summed E-state index contributed by atoms with van der Waals surface area (Å²) in [6.45, 7) is 10.0. The van der Waals surface area contributed by atoms with Crippen molar-refractivity contribution in [3.63, 3.8) is 0 Å².